The predicted octanol–water partition coefficient (Wildman–Crippen LogP) is 4.27. The third kappa shape index (κ3) is 3.15. The van der Waals surface area contributed by atoms with Crippen LogP contribution in [0.25, 0.3) is 0 Å². The number of aromatic hydroxyl groups is 1. The molecule has 0 spiro atoms. The number of phenols is 1. The molecule has 2 rings (SSSR count). The summed E-state index contributed by atoms with van der Waals surface area (Å²) < 4.78 is 5.99. The van der Waals surface area contributed by atoms with Gasteiger partial charge in [0.15, 0.2) is 5.78 Å². The lowest BCUT2D eigenvalue weighted by atomic mass is 9.64. The van der Waals surface area contributed by atoms with E-state index in [1.165, 1.54) is 0 Å². The van der Waals surface area contributed by atoms with Gasteiger partial charge in [-0.25, -0.2) is 0 Å². The van der Waals surface area contributed by atoms with Gasteiger partial charge in [0.25, 0.3) is 0 Å². The van der Waals surface area contributed by atoms with Crippen molar-refractivity contribution in [3.63, 3.8) is 0 Å². The maximum Gasteiger partial charge on any atom is 0.158 e. The first-order chi connectivity index (χ1) is 9.76. The minimum absolute atomic E-state index is 0.00224. The quantitative estimate of drug-likeness (QED) is 0.826. The fourth-order valence-corrected chi connectivity index (χ4v) is 3.45. The molecule has 1 N–H and O–H groups in total. The predicted molar refractivity (Wildman–Crippen MR) is 86.7 cm³/mol. The van der Waals surface area contributed by atoms with Crippen LogP contribution in [0.1, 0.15) is 32.3 Å². The van der Waals surface area contributed by atoms with Gasteiger partial charge in [0, 0.05) is 6.42 Å². The second-order valence-corrected chi connectivity index (χ2v) is 7.16. The molecular formula is C17H21BrO3. The summed E-state index contributed by atoms with van der Waals surface area (Å²) in [5.74, 6) is 1.07. The SMILES string of the molecule is C=C1C(=O)CCC(C)(C)[C@@H]1Cc1cc(OC)c(Br)cc1O. The maximum absolute atomic E-state index is 12.0. The van der Waals surface area contributed by atoms with Crippen LogP contribution in [0.2, 0.25) is 0 Å². The lowest BCUT2D eigenvalue weighted by Crippen LogP contribution is -2.35. The number of hydrogen-bond acceptors (Lipinski definition) is 3. The summed E-state index contributed by atoms with van der Waals surface area (Å²) in [4.78, 5) is 12.0. The molecule has 0 heterocycles. The van der Waals surface area contributed by atoms with Crippen molar-refractivity contribution in [1.29, 1.82) is 0 Å². The maximum atomic E-state index is 12.0. The lowest BCUT2D eigenvalue weighted by molar-refractivity contribution is -0.118. The number of allylic oxidation sites excluding steroid dienone is 1. The number of ketones is 1. The number of benzene rings is 1. The fourth-order valence-electron chi connectivity index (χ4n) is 2.96. The van der Waals surface area contributed by atoms with E-state index in [-0.39, 0.29) is 22.9 Å². The second-order valence-electron chi connectivity index (χ2n) is 6.31. The number of carbonyl (C=O) groups is 1. The number of hydrogen-bond donors (Lipinski definition) is 1. The highest BCUT2D eigenvalue weighted by Gasteiger charge is 2.38. The van der Waals surface area contributed by atoms with Crippen molar-refractivity contribution < 1.29 is 14.6 Å². The Kier molecular flexibility index (Phi) is 4.47. The molecule has 1 aliphatic rings. The summed E-state index contributed by atoms with van der Waals surface area (Å²) in [6.07, 6.45) is 2.01. The van der Waals surface area contributed by atoms with Gasteiger partial charge in [0.05, 0.1) is 11.6 Å². The molecular weight excluding hydrogens is 332 g/mol. The molecule has 0 unspecified atom stereocenters. The second kappa shape index (κ2) is 5.84. The van der Waals surface area contributed by atoms with Gasteiger partial charge in [-0.3, -0.25) is 4.79 Å². The van der Waals surface area contributed by atoms with Gasteiger partial charge >= 0.3 is 0 Å². The zero-order valence-electron chi connectivity index (χ0n) is 12.7. The van der Waals surface area contributed by atoms with Gasteiger partial charge in [-0.1, -0.05) is 20.4 Å². The molecule has 0 saturated heterocycles. The van der Waals surface area contributed by atoms with E-state index < -0.39 is 0 Å². The zero-order valence-corrected chi connectivity index (χ0v) is 14.3. The Morgan fingerprint density at radius 3 is 2.76 bits per heavy atom. The molecule has 0 radical (unpaired) electrons. The smallest absolute Gasteiger partial charge is 0.158 e. The van der Waals surface area contributed by atoms with Crippen molar-refractivity contribution in [2.24, 2.45) is 11.3 Å². The van der Waals surface area contributed by atoms with Crippen molar-refractivity contribution in [3.05, 3.63) is 34.3 Å². The van der Waals surface area contributed by atoms with Crippen molar-refractivity contribution in [1.82, 2.24) is 0 Å². The van der Waals surface area contributed by atoms with E-state index in [1.807, 2.05) is 6.07 Å². The first-order valence-electron chi connectivity index (χ1n) is 7.03. The van der Waals surface area contributed by atoms with Crippen LogP contribution in [0, 0.1) is 11.3 Å². The minimum Gasteiger partial charge on any atom is -0.508 e. The van der Waals surface area contributed by atoms with Crippen molar-refractivity contribution >= 4 is 21.7 Å². The summed E-state index contributed by atoms with van der Waals surface area (Å²) in [6.45, 7) is 8.30. The summed E-state index contributed by atoms with van der Waals surface area (Å²) in [5, 5.41) is 10.2. The van der Waals surface area contributed by atoms with Crippen LogP contribution in [-0.4, -0.2) is 18.0 Å². The van der Waals surface area contributed by atoms with Crippen molar-refractivity contribution in [3.8, 4) is 11.5 Å². The molecule has 0 aliphatic heterocycles. The monoisotopic (exact) mass is 352 g/mol. The molecule has 1 aliphatic carbocycles. The summed E-state index contributed by atoms with van der Waals surface area (Å²) in [5.41, 5.74) is 1.45. The van der Waals surface area contributed by atoms with E-state index in [2.05, 4.69) is 36.4 Å². The van der Waals surface area contributed by atoms with Crippen LogP contribution in [-0.2, 0) is 11.2 Å². The van der Waals surface area contributed by atoms with Gasteiger partial charge < -0.3 is 9.84 Å². The Morgan fingerprint density at radius 2 is 2.14 bits per heavy atom. The summed E-state index contributed by atoms with van der Waals surface area (Å²) in [6, 6.07) is 3.45. The van der Waals surface area contributed by atoms with E-state index >= 15 is 0 Å². The van der Waals surface area contributed by atoms with Crippen LogP contribution in [0.15, 0.2) is 28.8 Å². The molecule has 0 bridgehead atoms. The third-order valence-corrected chi connectivity index (χ3v) is 5.12. The zero-order chi connectivity index (χ0) is 15.8. The Labute approximate surface area is 134 Å². The molecule has 0 aromatic heterocycles. The summed E-state index contributed by atoms with van der Waals surface area (Å²) >= 11 is 3.35. The Balaban J connectivity index is 2.35. The van der Waals surface area contributed by atoms with Crippen LogP contribution in [0.5, 0.6) is 11.5 Å². The first-order valence-corrected chi connectivity index (χ1v) is 7.83. The topological polar surface area (TPSA) is 46.5 Å². The number of phenolic OH excluding ortho intramolecular Hbond substituents is 1. The van der Waals surface area contributed by atoms with E-state index in [0.717, 1.165) is 12.0 Å². The molecule has 0 amide bonds. The average molecular weight is 353 g/mol. The van der Waals surface area contributed by atoms with Crippen LogP contribution in [0.4, 0.5) is 0 Å². The molecule has 4 heteroatoms. The normalized spacial score (nSPS) is 21.4. The average Bonchev–Trinajstić information content (AvgIpc) is 2.41. The van der Waals surface area contributed by atoms with Gasteiger partial charge in [0.1, 0.15) is 11.5 Å². The highest BCUT2D eigenvalue weighted by Crippen LogP contribution is 2.45. The van der Waals surface area contributed by atoms with Crippen LogP contribution >= 0.6 is 15.9 Å². The molecule has 1 saturated carbocycles. The van der Waals surface area contributed by atoms with Gasteiger partial charge in [-0.05, 0) is 63.4 Å². The van der Waals surface area contributed by atoms with E-state index in [1.54, 1.807) is 13.2 Å². The Bertz CT molecular complexity index is 590. The van der Waals surface area contributed by atoms with E-state index in [4.69, 9.17) is 4.74 Å². The highest BCUT2D eigenvalue weighted by atomic mass is 79.9. The van der Waals surface area contributed by atoms with E-state index in [9.17, 15) is 9.90 Å². The number of methoxy groups -OCH3 is 1. The molecule has 1 fully saturated rings. The van der Waals surface area contributed by atoms with Crippen molar-refractivity contribution in [2.75, 3.05) is 7.11 Å². The van der Waals surface area contributed by atoms with Gasteiger partial charge in [0.2, 0.25) is 0 Å². The highest BCUT2D eigenvalue weighted by molar-refractivity contribution is 9.10. The standard InChI is InChI=1S/C17H21BrO3/c1-10-12(17(2,3)6-5-14(10)19)7-11-8-16(21-4)13(18)9-15(11)20/h8-9,12,20H,1,5-7H2,2-4H3/t12-/m1/s1. The Hall–Kier alpha value is -1.29. The molecule has 21 heavy (non-hydrogen) atoms. The Morgan fingerprint density at radius 1 is 1.48 bits per heavy atom. The number of ether oxygens (including phenoxy) is 1. The van der Waals surface area contributed by atoms with Crippen LogP contribution < -0.4 is 4.74 Å². The minimum atomic E-state index is -0.00224. The fraction of sp³-hybridized carbons (Fsp3) is 0.471. The molecule has 114 valence electrons. The molecule has 1 aromatic rings. The van der Waals surface area contributed by atoms with Crippen molar-refractivity contribution in [2.45, 2.75) is 33.1 Å². The number of carbonyl (C=O) groups excluding carboxylic acids is 1. The van der Waals surface area contributed by atoms with Gasteiger partial charge in [-0.2, -0.15) is 0 Å². The third-order valence-electron chi connectivity index (χ3n) is 4.50. The largest absolute Gasteiger partial charge is 0.508 e. The summed E-state index contributed by atoms with van der Waals surface area (Å²) in [7, 11) is 1.59. The van der Waals surface area contributed by atoms with Gasteiger partial charge in [-0.15, -0.1) is 0 Å². The molecule has 3 nitrogen and oxygen atoms in total. The number of Topliss-reactive ketones (excluding diaryl/α,β-unsaturated/α-hetero) is 1. The first kappa shape index (κ1) is 16.1. The lowest BCUT2D eigenvalue weighted by Gasteiger charge is -2.39. The number of halogens is 1. The molecule has 1 atom stereocenters. The number of rotatable bonds is 3. The van der Waals surface area contributed by atoms with Crippen LogP contribution in [0.3, 0.4) is 0 Å². The van der Waals surface area contributed by atoms with E-state index in [0.29, 0.717) is 28.6 Å². The molecule has 1 aromatic carbocycles.